The van der Waals surface area contributed by atoms with Crippen LogP contribution in [0.5, 0.6) is 0 Å². The smallest absolute Gasteiger partial charge is 0.259 e. The van der Waals surface area contributed by atoms with Gasteiger partial charge < -0.3 is 15.7 Å². The summed E-state index contributed by atoms with van der Waals surface area (Å²) in [6.07, 6.45) is 0.861. The van der Waals surface area contributed by atoms with Gasteiger partial charge in [-0.3, -0.25) is 19.7 Å². The summed E-state index contributed by atoms with van der Waals surface area (Å²) < 4.78 is 0. The van der Waals surface area contributed by atoms with Gasteiger partial charge in [-0.15, -0.1) is 0 Å². The molecule has 31 heavy (non-hydrogen) atoms. The third-order valence-corrected chi connectivity index (χ3v) is 5.62. The van der Waals surface area contributed by atoms with Crippen molar-refractivity contribution in [1.29, 1.82) is 0 Å². The van der Waals surface area contributed by atoms with Crippen LogP contribution in [0.1, 0.15) is 30.1 Å². The van der Waals surface area contributed by atoms with E-state index in [0.717, 1.165) is 0 Å². The van der Waals surface area contributed by atoms with Gasteiger partial charge in [0.25, 0.3) is 5.56 Å². The highest BCUT2D eigenvalue weighted by Crippen LogP contribution is 2.23. The number of thioether (sulfide) groups is 1. The molecule has 1 amide bonds. The number of carbonyl (C=O) groups is 2. The molecule has 10 heteroatoms. The number of para-hydroxylation sites is 1. The minimum atomic E-state index is -0.204. The highest BCUT2D eigenvalue weighted by molar-refractivity contribution is 7.99. The van der Waals surface area contributed by atoms with Crippen LogP contribution in [0.15, 0.2) is 46.3 Å². The van der Waals surface area contributed by atoms with Gasteiger partial charge in [0, 0.05) is 17.7 Å². The van der Waals surface area contributed by atoms with Crippen molar-refractivity contribution in [3.8, 4) is 0 Å². The minimum Gasteiger partial charge on any atom is -0.397 e. The molecule has 0 atom stereocenters. The molecule has 2 aromatic heterocycles. The standard InChI is InChI=1S/C21H20N6O3S/c1-11(28)12-9-14(22)18-16(10-12)23-20(26-18)25-17(29)7-4-8-31-21-24-15-6-3-2-5-13(15)19(30)27-21/h2-3,5-6,9-10H,4,7-8,22H2,1H3,(H,24,27,30)(H2,23,25,26,29). The van der Waals surface area contributed by atoms with Crippen molar-refractivity contribution < 1.29 is 9.59 Å². The molecule has 0 aliphatic heterocycles. The van der Waals surface area contributed by atoms with Crippen molar-refractivity contribution in [3.63, 3.8) is 0 Å². The van der Waals surface area contributed by atoms with Crippen molar-refractivity contribution in [2.45, 2.75) is 24.9 Å². The van der Waals surface area contributed by atoms with E-state index in [1.54, 1.807) is 30.3 Å². The Morgan fingerprint density at radius 1 is 1.16 bits per heavy atom. The molecule has 0 unspecified atom stereocenters. The number of ketones is 1. The predicted octanol–water partition coefficient (Wildman–Crippen LogP) is 3.10. The first-order chi connectivity index (χ1) is 14.9. The number of amides is 1. The lowest BCUT2D eigenvalue weighted by atomic mass is 10.1. The third-order valence-electron chi connectivity index (χ3n) is 4.66. The van der Waals surface area contributed by atoms with Crippen molar-refractivity contribution >= 4 is 57.0 Å². The van der Waals surface area contributed by atoms with Crippen LogP contribution in [0.4, 0.5) is 11.6 Å². The molecule has 9 nitrogen and oxygen atoms in total. The van der Waals surface area contributed by atoms with Crippen LogP contribution >= 0.6 is 11.8 Å². The molecule has 0 radical (unpaired) electrons. The normalized spacial score (nSPS) is 11.1. The third kappa shape index (κ3) is 4.58. The Kier molecular flexibility index (Phi) is 5.72. The van der Waals surface area contributed by atoms with E-state index in [1.165, 1.54) is 18.7 Å². The summed E-state index contributed by atoms with van der Waals surface area (Å²) in [6, 6.07) is 10.4. The number of hydrogen-bond acceptors (Lipinski definition) is 7. The van der Waals surface area contributed by atoms with Gasteiger partial charge in [-0.2, -0.15) is 0 Å². The van der Waals surface area contributed by atoms with Crippen LogP contribution in [-0.2, 0) is 4.79 Å². The van der Waals surface area contributed by atoms with E-state index in [-0.39, 0.29) is 29.6 Å². The maximum absolute atomic E-state index is 12.3. The number of nitrogens with two attached hydrogens (primary N) is 1. The number of hydrogen-bond donors (Lipinski definition) is 4. The molecule has 0 bridgehead atoms. The molecule has 2 aromatic carbocycles. The second kappa shape index (κ2) is 8.60. The molecule has 0 spiro atoms. The molecular weight excluding hydrogens is 416 g/mol. The summed E-state index contributed by atoms with van der Waals surface area (Å²) in [7, 11) is 0. The van der Waals surface area contributed by atoms with Gasteiger partial charge in [-0.25, -0.2) is 9.97 Å². The number of nitrogens with zero attached hydrogens (tertiary/aromatic N) is 2. The van der Waals surface area contributed by atoms with Gasteiger partial charge >= 0.3 is 0 Å². The number of anilines is 2. The van der Waals surface area contributed by atoms with Gasteiger partial charge in [0.05, 0.1) is 22.1 Å². The summed E-state index contributed by atoms with van der Waals surface area (Å²) >= 11 is 1.39. The van der Waals surface area contributed by atoms with Gasteiger partial charge in [0.1, 0.15) is 5.52 Å². The van der Waals surface area contributed by atoms with Crippen molar-refractivity contribution in [3.05, 3.63) is 52.3 Å². The fourth-order valence-electron chi connectivity index (χ4n) is 3.14. The Labute approximate surface area is 180 Å². The highest BCUT2D eigenvalue weighted by atomic mass is 32.2. The molecule has 0 aliphatic carbocycles. The fourth-order valence-corrected chi connectivity index (χ4v) is 3.95. The lowest BCUT2D eigenvalue weighted by Gasteiger charge is -2.03. The maximum Gasteiger partial charge on any atom is 0.259 e. The molecule has 0 saturated carbocycles. The largest absolute Gasteiger partial charge is 0.397 e. The summed E-state index contributed by atoms with van der Waals surface area (Å²) in [5.41, 5.74) is 8.35. The number of fused-ring (bicyclic) bond motifs is 2. The lowest BCUT2D eigenvalue weighted by Crippen LogP contribution is -2.13. The van der Waals surface area contributed by atoms with Crippen LogP contribution < -0.4 is 16.6 Å². The summed E-state index contributed by atoms with van der Waals surface area (Å²) in [5.74, 6) is 0.586. The van der Waals surface area contributed by atoms with Crippen LogP contribution in [-0.4, -0.2) is 37.4 Å². The number of aromatic amines is 2. The molecule has 4 rings (SSSR count). The average molecular weight is 436 g/mol. The summed E-state index contributed by atoms with van der Waals surface area (Å²) in [4.78, 5) is 50.4. The Balaban J connectivity index is 1.33. The summed E-state index contributed by atoms with van der Waals surface area (Å²) in [5, 5.41) is 3.79. The molecule has 0 aliphatic rings. The number of nitrogen functional groups attached to an aromatic ring is 1. The molecule has 0 fully saturated rings. The van der Waals surface area contributed by atoms with Crippen LogP contribution in [0.3, 0.4) is 0 Å². The minimum absolute atomic E-state index is 0.103. The fraction of sp³-hybridized carbons (Fsp3) is 0.190. The van der Waals surface area contributed by atoms with Crippen molar-refractivity contribution in [1.82, 2.24) is 19.9 Å². The molecule has 158 valence electrons. The van der Waals surface area contributed by atoms with E-state index >= 15 is 0 Å². The zero-order chi connectivity index (χ0) is 22.0. The first-order valence-electron chi connectivity index (χ1n) is 9.62. The zero-order valence-corrected chi connectivity index (χ0v) is 17.5. The Bertz CT molecular complexity index is 1360. The maximum atomic E-state index is 12.3. The number of H-pyrrole nitrogens is 2. The monoisotopic (exact) mass is 436 g/mol. The van der Waals surface area contributed by atoms with Gasteiger partial charge in [0.2, 0.25) is 11.9 Å². The van der Waals surface area contributed by atoms with E-state index < -0.39 is 0 Å². The predicted molar refractivity (Wildman–Crippen MR) is 121 cm³/mol. The van der Waals surface area contributed by atoms with Crippen LogP contribution in [0, 0.1) is 0 Å². The molecule has 5 N–H and O–H groups in total. The highest BCUT2D eigenvalue weighted by Gasteiger charge is 2.12. The lowest BCUT2D eigenvalue weighted by molar-refractivity contribution is -0.116. The number of aromatic nitrogens is 4. The van der Waals surface area contributed by atoms with E-state index in [4.69, 9.17) is 5.73 Å². The molecular formula is C21H20N6O3S. The first-order valence-corrected chi connectivity index (χ1v) is 10.6. The average Bonchev–Trinajstić information content (AvgIpc) is 3.14. The number of rotatable bonds is 7. The molecule has 2 heterocycles. The Morgan fingerprint density at radius 3 is 2.77 bits per heavy atom. The quantitative estimate of drug-likeness (QED) is 0.114. The second-order valence-corrected chi connectivity index (χ2v) is 8.08. The number of nitrogens with one attached hydrogen (secondary N) is 3. The van der Waals surface area contributed by atoms with Crippen molar-refractivity contribution in [2.75, 3.05) is 16.8 Å². The van der Waals surface area contributed by atoms with Gasteiger partial charge in [0.15, 0.2) is 10.9 Å². The Hall–Kier alpha value is -3.66. The Morgan fingerprint density at radius 2 is 1.97 bits per heavy atom. The van der Waals surface area contributed by atoms with Crippen LogP contribution in [0.2, 0.25) is 0 Å². The van der Waals surface area contributed by atoms with Crippen molar-refractivity contribution in [2.24, 2.45) is 0 Å². The first kappa shape index (κ1) is 20.6. The molecule has 4 aromatic rings. The van der Waals surface area contributed by atoms with E-state index in [1.807, 2.05) is 6.07 Å². The topological polar surface area (TPSA) is 147 Å². The SMILES string of the molecule is CC(=O)c1cc(N)c2nc(NC(=O)CCCSc3nc4ccccc4c(=O)[nH]3)[nH]c2c1. The number of carbonyl (C=O) groups excluding carboxylic acids is 2. The zero-order valence-electron chi connectivity index (χ0n) is 16.7. The van der Waals surface area contributed by atoms with E-state index in [0.29, 0.717) is 50.5 Å². The van der Waals surface area contributed by atoms with Gasteiger partial charge in [-0.05, 0) is 37.6 Å². The number of Topliss-reactive ketones (excluding diaryl/α,β-unsaturated/α-hetero) is 1. The van der Waals surface area contributed by atoms with Gasteiger partial charge in [-0.1, -0.05) is 23.9 Å². The van der Waals surface area contributed by atoms with Crippen LogP contribution in [0.25, 0.3) is 21.9 Å². The molecule has 0 saturated heterocycles. The summed E-state index contributed by atoms with van der Waals surface area (Å²) in [6.45, 7) is 1.46. The second-order valence-electron chi connectivity index (χ2n) is 6.99. The van der Waals surface area contributed by atoms with E-state index in [9.17, 15) is 14.4 Å². The van der Waals surface area contributed by atoms with E-state index in [2.05, 4.69) is 25.3 Å². The number of imidazole rings is 1. The number of benzene rings is 2.